The van der Waals surface area contributed by atoms with Gasteiger partial charge in [-0.3, -0.25) is 0 Å². The van der Waals surface area contributed by atoms with Crippen LogP contribution in [0.1, 0.15) is 40.5 Å². The molecule has 0 spiro atoms. The molecular formula is C20H26O5. The Morgan fingerprint density at radius 1 is 1.40 bits per heavy atom. The standard InChI is InChI=1S/C20H26O5/c1-6-12(3)19(22)24-16-9-11(2)7-8-15(21)13(4)10-17-18(16)14(5)20(23)25-17/h6,9-10,15-18,21H,5,7-8H2,1-4H3/b11-9-,12-6-,13-10-/t15-,16+,17-,18-/m0/s1. The first-order valence-electron chi connectivity index (χ1n) is 8.52. The summed E-state index contributed by atoms with van der Waals surface area (Å²) in [5, 5.41) is 10.2. The lowest BCUT2D eigenvalue weighted by Crippen LogP contribution is -2.32. The third kappa shape index (κ3) is 4.28. The average molecular weight is 346 g/mol. The van der Waals surface area contributed by atoms with Gasteiger partial charge in [-0.1, -0.05) is 18.2 Å². The van der Waals surface area contributed by atoms with Crippen LogP contribution in [-0.4, -0.2) is 35.4 Å². The summed E-state index contributed by atoms with van der Waals surface area (Å²) < 4.78 is 11.1. The largest absolute Gasteiger partial charge is 0.454 e. The number of carbonyl (C=O) groups excluding carboxylic acids is 2. The number of allylic oxidation sites excluding steroid dienone is 2. The van der Waals surface area contributed by atoms with Gasteiger partial charge in [0, 0.05) is 11.1 Å². The van der Waals surface area contributed by atoms with E-state index >= 15 is 0 Å². The van der Waals surface area contributed by atoms with Crippen molar-refractivity contribution in [3.05, 3.63) is 47.1 Å². The molecule has 1 aliphatic carbocycles. The lowest BCUT2D eigenvalue weighted by atomic mass is 9.86. The predicted molar refractivity (Wildman–Crippen MR) is 94.6 cm³/mol. The van der Waals surface area contributed by atoms with Crippen LogP contribution >= 0.6 is 0 Å². The second-order valence-corrected chi connectivity index (χ2v) is 6.74. The smallest absolute Gasteiger partial charge is 0.334 e. The molecule has 5 heteroatoms. The van der Waals surface area contributed by atoms with E-state index in [1.807, 2.05) is 19.9 Å². The molecular weight excluding hydrogens is 320 g/mol. The summed E-state index contributed by atoms with van der Waals surface area (Å²) in [7, 11) is 0. The molecule has 2 rings (SSSR count). The Hall–Kier alpha value is -2.14. The maximum atomic E-state index is 12.3. The fourth-order valence-corrected chi connectivity index (χ4v) is 3.00. The summed E-state index contributed by atoms with van der Waals surface area (Å²) >= 11 is 0. The molecule has 0 amide bonds. The highest BCUT2D eigenvalue weighted by atomic mass is 16.6. The number of fused-ring (bicyclic) bond motifs is 1. The van der Waals surface area contributed by atoms with Crippen molar-refractivity contribution < 1.29 is 24.2 Å². The van der Waals surface area contributed by atoms with E-state index in [1.54, 1.807) is 26.0 Å². The van der Waals surface area contributed by atoms with Crippen LogP contribution in [0.15, 0.2) is 47.1 Å². The van der Waals surface area contributed by atoms with E-state index in [4.69, 9.17) is 9.47 Å². The molecule has 0 saturated carbocycles. The summed E-state index contributed by atoms with van der Waals surface area (Å²) in [5.74, 6) is -1.43. The molecule has 4 atom stereocenters. The first kappa shape index (κ1) is 19.2. The Kier molecular flexibility index (Phi) is 6.01. The molecule has 0 unspecified atom stereocenters. The second-order valence-electron chi connectivity index (χ2n) is 6.74. The van der Waals surface area contributed by atoms with Crippen molar-refractivity contribution in [3.63, 3.8) is 0 Å². The maximum Gasteiger partial charge on any atom is 0.334 e. The topological polar surface area (TPSA) is 72.8 Å². The molecule has 1 saturated heterocycles. The van der Waals surface area contributed by atoms with Gasteiger partial charge in [0.05, 0.1) is 12.0 Å². The molecule has 25 heavy (non-hydrogen) atoms. The van der Waals surface area contributed by atoms with Crippen molar-refractivity contribution in [2.45, 2.75) is 58.8 Å². The third-order valence-corrected chi connectivity index (χ3v) is 4.83. The van der Waals surface area contributed by atoms with Crippen molar-refractivity contribution in [1.82, 2.24) is 0 Å². The molecule has 1 fully saturated rings. The van der Waals surface area contributed by atoms with Crippen molar-refractivity contribution in [2.75, 3.05) is 0 Å². The average Bonchev–Trinajstić information content (AvgIpc) is 2.84. The van der Waals surface area contributed by atoms with E-state index in [1.165, 1.54) is 0 Å². The van der Waals surface area contributed by atoms with Gasteiger partial charge in [0.2, 0.25) is 0 Å². The van der Waals surface area contributed by atoms with Crippen LogP contribution in [0.5, 0.6) is 0 Å². The molecule has 0 radical (unpaired) electrons. The van der Waals surface area contributed by atoms with Gasteiger partial charge in [0.15, 0.2) is 0 Å². The normalized spacial score (nSPS) is 35.0. The number of ether oxygens (including phenoxy) is 2. The van der Waals surface area contributed by atoms with E-state index in [0.29, 0.717) is 18.4 Å². The van der Waals surface area contributed by atoms with Crippen LogP contribution in [0.25, 0.3) is 0 Å². The molecule has 1 N–H and O–H groups in total. The van der Waals surface area contributed by atoms with Gasteiger partial charge in [-0.15, -0.1) is 0 Å². The van der Waals surface area contributed by atoms with E-state index in [2.05, 4.69) is 6.58 Å². The zero-order chi connectivity index (χ0) is 18.7. The Bertz CT molecular complexity index is 668. The SMILES string of the molecule is C=C1C(=O)O[C@H]2/C=C(/C)[C@@H](O)CC/C(C)=C\[C@@H](OC(=O)/C(C)=C\C)[C@H]12. The van der Waals surface area contributed by atoms with Crippen molar-refractivity contribution in [1.29, 1.82) is 0 Å². The van der Waals surface area contributed by atoms with Gasteiger partial charge in [-0.05, 0) is 58.3 Å². The van der Waals surface area contributed by atoms with Crippen molar-refractivity contribution in [2.24, 2.45) is 5.92 Å². The molecule has 136 valence electrons. The minimum absolute atomic E-state index is 0.282. The number of rotatable bonds is 2. The number of aliphatic hydroxyl groups is 1. The zero-order valence-corrected chi connectivity index (χ0v) is 15.2. The number of hydrogen-bond acceptors (Lipinski definition) is 5. The summed E-state index contributed by atoms with van der Waals surface area (Å²) in [6.07, 6.45) is 4.64. The Balaban J connectivity index is 2.44. The van der Waals surface area contributed by atoms with Crippen LogP contribution in [0.2, 0.25) is 0 Å². The van der Waals surface area contributed by atoms with Crippen LogP contribution in [0.3, 0.4) is 0 Å². The zero-order valence-electron chi connectivity index (χ0n) is 15.2. The summed E-state index contributed by atoms with van der Waals surface area (Å²) in [5.41, 5.74) is 2.50. The van der Waals surface area contributed by atoms with Gasteiger partial charge in [0.1, 0.15) is 12.2 Å². The van der Waals surface area contributed by atoms with E-state index in [-0.39, 0.29) is 5.57 Å². The van der Waals surface area contributed by atoms with E-state index in [0.717, 1.165) is 11.1 Å². The summed E-state index contributed by atoms with van der Waals surface area (Å²) in [6, 6.07) is 0. The molecule has 0 aromatic rings. The van der Waals surface area contributed by atoms with Crippen molar-refractivity contribution in [3.8, 4) is 0 Å². The molecule has 2 aliphatic rings. The molecule has 0 aromatic carbocycles. The lowest BCUT2D eigenvalue weighted by molar-refractivity contribution is -0.144. The highest BCUT2D eigenvalue weighted by Crippen LogP contribution is 2.35. The van der Waals surface area contributed by atoms with Gasteiger partial charge >= 0.3 is 11.9 Å². The highest BCUT2D eigenvalue weighted by Gasteiger charge is 2.44. The maximum absolute atomic E-state index is 12.3. The quantitative estimate of drug-likeness (QED) is 0.473. The van der Waals surface area contributed by atoms with Crippen LogP contribution in [-0.2, 0) is 19.1 Å². The fourth-order valence-electron chi connectivity index (χ4n) is 3.00. The van der Waals surface area contributed by atoms with Crippen LogP contribution in [0.4, 0.5) is 0 Å². The molecule has 0 bridgehead atoms. The monoisotopic (exact) mass is 346 g/mol. The van der Waals surface area contributed by atoms with Gasteiger partial charge < -0.3 is 14.6 Å². The molecule has 1 heterocycles. The first-order valence-corrected chi connectivity index (χ1v) is 8.52. The van der Waals surface area contributed by atoms with E-state index in [9.17, 15) is 14.7 Å². The first-order chi connectivity index (χ1) is 11.7. The predicted octanol–water partition coefficient (Wildman–Crippen LogP) is 3.01. The summed E-state index contributed by atoms with van der Waals surface area (Å²) in [6.45, 7) is 11.0. The number of esters is 2. The Morgan fingerprint density at radius 2 is 2.08 bits per heavy atom. The minimum atomic E-state index is -0.648. The second kappa shape index (κ2) is 7.83. The number of carbonyl (C=O) groups is 2. The van der Waals surface area contributed by atoms with Gasteiger partial charge in [-0.25, -0.2) is 9.59 Å². The molecule has 1 aliphatic heterocycles. The van der Waals surface area contributed by atoms with Crippen LogP contribution < -0.4 is 0 Å². The third-order valence-electron chi connectivity index (χ3n) is 4.83. The van der Waals surface area contributed by atoms with Crippen LogP contribution in [0, 0.1) is 5.92 Å². The Morgan fingerprint density at radius 3 is 2.72 bits per heavy atom. The fraction of sp³-hybridized carbons (Fsp3) is 0.500. The van der Waals surface area contributed by atoms with E-state index < -0.39 is 36.2 Å². The van der Waals surface area contributed by atoms with Crippen molar-refractivity contribution >= 4 is 11.9 Å². The number of hydrogen-bond donors (Lipinski definition) is 1. The highest BCUT2D eigenvalue weighted by molar-refractivity contribution is 5.92. The minimum Gasteiger partial charge on any atom is -0.454 e. The van der Waals surface area contributed by atoms with Gasteiger partial charge in [0.25, 0.3) is 0 Å². The Labute approximate surface area is 148 Å². The lowest BCUT2D eigenvalue weighted by Gasteiger charge is -2.26. The molecule has 5 nitrogen and oxygen atoms in total. The molecule has 0 aromatic heterocycles. The van der Waals surface area contributed by atoms with Gasteiger partial charge in [-0.2, -0.15) is 0 Å². The summed E-state index contributed by atoms with van der Waals surface area (Å²) in [4.78, 5) is 24.3. The number of aliphatic hydroxyl groups excluding tert-OH is 1.